The predicted molar refractivity (Wildman–Crippen MR) is 103 cm³/mol. The van der Waals surface area contributed by atoms with Crippen molar-refractivity contribution in [3.63, 3.8) is 0 Å². The smallest absolute Gasteiger partial charge is 0.276 e. The van der Waals surface area contributed by atoms with E-state index in [1.165, 1.54) is 12.1 Å². The topological polar surface area (TPSA) is 84.2 Å². The van der Waals surface area contributed by atoms with Gasteiger partial charge in [0.05, 0.1) is 11.4 Å². The molecular weight excluding hydrogens is 375 g/mol. The summed E-state index contributed by atoms with van der Waals surface area (Å²) in [6, 6.07) is 9.58. The van der Waals surface area contributed by atoms with Crippen LogP contribution >= 0.6 is 0 Å². The number of hydrogen-bond donors (Lipinski definition) is 1. The molecular formula is C21H23FN4O3. The molecule has 1 unspecified atom stereocenters. The van der Waals surface area contributed by atoms with E-state index in [1.807, 2.05) is 6.07 Å². The third-order valence-corrected chi connectivity index (χ3v) is 5.03. The average molecular weight is 398 g/mol. The average Bonchev–Trinajstić information content (AvgIpc) is 3.47. The van der Waals surface area contributed by atoms with E-state index in [-0.39, 0.29) is 17.6 Å². The van der Waals surface area contributed by atoms with Gasteiger partial charge in [-0.1, -0.05) is 12.1 Å². The molecule has 3 aromatic rings. The quantitative estimate of drug-likeness (QED) is 0.656. The molecule has 0 aliphatic carbocycles. The number of H-pyrrole nitrogens is 1. The molecule has 1 fully saturated rings. The lowest BCUT2D eigenvalue weighted by Gasteiger charge is -2.13. The Labute approximate surface area is 167 Å². The second kappa shape index (κ2) is 8.46. The molecule has 8 heteroatoms. The Morgan fingerprint density at radius 2 is 2.17 bits per heavy atom. The molecule has 1 N–H and O–H groups in total. The van der Waals surface area contributed by atoms with Crippen molar-refractivity contribution in [3.05, 3.63) is 65.1 Å². The molecule has 0 radical (unpaired) electrons. The first kappa shape index (κ1) is 19.2. The van der Waals surface area contributed by atoms with Gasteiger partial charge in [-0.2, -0.15) is 5.10 Å². The summed E-state index contributed by atoms with van der Waals surface area (Å²) in [5, 5.41) is 11.3. The number of nitrogens with one attached hydrogen (secondary N) is 1. The Morgan fingerprint density at radius 1 is 1.34 bits per heavy atom. The summed E-state index contributed by atoms with van der Waals surface area (Å²) < 4.78 is 23.8. The number of aryl methyl sites for hydroxylation is 1. The number of aromatic amines is 1. The fourth-order valence-corrected chi connectivity index (χ4v) is 3.48. The number of nitrogens with zero attached hydrogens (tertiary/aromatic N) is 3. The molecule has 0 bridgehead atoms. The fraction of sp³-hybridized carbons (Fsp3) is 0.381. The van der Waals surface area contributed by atoms with Crippen LogP contribution in [0.1, 0.15) is 53.3 Å². The van der Waals surface area contributed by atoms with Crippen LogP contribution in [0.2, 0.25) is 0 Å². The van der Waals surface area contributed by atoms with E-state index in [2.05, 4.69) is 22.3 Å². The SMILES string of the molecule is CCCc1cc(C(=O)N2CCC(c3cc(COc4ccc(F)cc4)[nH]n3)C2)no1. The Morgan fingerprint density at radius 3 is 2.97 bits per heavy atom. The number of ether oxygens (including phenoxy) is 1. The zero-order valence-electron chi connectivity index (χ0n) is 16.2. The largest absolute Gasteiger partial charge is 0.487 e. The number of likely N-dealkylation sites (tertiary alicyclic amines) is 1. The van der Waals surface area contributed by atoms with E-state index >= 15 is 0 Å². The highest BCUT2D eigenvalue weighted by molar-refractivity contribution is 5.92. The highest BCUT2D eigenvalue weighted by atomic mass is 19.1. The first-order chi connectivity index (χ1) is 14.1. The Balaban J connectivity index is 1.33. The molecule has 29 heavy (non-hydrogen) atoms. The number of hydrogen-bond acceptors (Lipinski definition) is 5. The van der Waals surface area contributed by atoms with Crippen molar-refractivity contribution in [2.45, 2.75) is 38.7 Å². The van der Waals surface area contributed by atoms with Crippen molar-refractivity contribution < 1.29 is 18.4 Å². The number of rotatable bonds is 7. The van der Waals surface area contributed by atoms with Gasteiger partial charge in [0.15, 0.2) is 5.69 Å². The van der Waals surface area contributed by atoms with Crippen LogP contribution in [0.3, 0.4) is 0 Å². The highest BCUT2D eigenvalue weighted by Gasteiger charge is 2.30. The van der Waals surface area contributed by atoms with E-state index in [4.69, 9.17) is 9.26 Å². The van der Waals surface area contributed by atoms with Gasteiger partial charge in [0, 0.05) is 31.5 Å². The van der Waals surface area contributed by atoms with Crippen LogP contribution in [0.5, 0.6) is 5.75 Å². The van der Waals surface area contributed by atoms with E-state index < -0.39 is 0 Å². The lowest BCUT2D eigenvalue weighted by molar-refractivity contribution is 0.0780. The Hall–Kier alpha value is -3.16. The maximum atomic E-state index is 12.9. The molecule has 1 aromatic carbocycles. The number of amides is 1. The minimum atomic E-state index is -0.297. The highest BCUT2D eigenvalue weighted by Crippen LogP contribution is 2.27. The van der Waals surface area contributed by atoms with Crippen LogP contribution in [0.25, 0.3) is 0 Å². The molecule has 3 heterocycles. The minimum Gasteiger partial charge on any atom is -0.487 e. The number of carbonyl (C=O) groups is 1. The summed E-state index contributed by atoms with van der Waals surface area (Å²) in [5.74, 6) is 1.10. The second-order valence-electron chi connectivity index (χ2n) is 7.23. The van der Waals surface area contributed by atoms with Crippen molar-refractivity contribution in [1.82, 2.24) is 20.3 Å². The van der Waals surface area contributed by atoms with Crippen LogP contribution in [0, 0.1) is 5.82 Å². The molecule has 7 nitrogen and oxygen atoms in total. The minimum absolute atomic E-state index is 0.103. The van der Waals surface area contributed by atoms with Crippen LogP contribution in [-0.2, 0) is 13.0 Å². The first-order valence-corrected chi connectivity index (χ1v) is 9.79. The van der Waals surface area contributed by atoms with Gasteiger partial charge in [-0.25, -0.2) is 4.39 Å². The molecule has 1 amide bonds. The number of carbonyl (C=O) groups excluding carboxylic acids is 1. The summed E-state index contributed by atoms with van der Waals surface area (Å²) >= 11 is 0. The van der Waals surface area contributed by atoms with Crippen LogP contribution in [0.4, 0.5) is 4.39 Å². The summed E-state index contributed by atoms with van der Waals surface area (Å²) in [6.45, 7) is 3.62. The zero-order valence-corrected chi connectivity index (χ0v) is 16.2. The van der Waals surface area contributed by atoms with Gasteiger partial charge in [0.2, 0.25) is 0 Å². The van der Waals surface area contributed by atoms with Gasteiger partial charge in [-0.15, -0.1) is 0 Å². The normalized spacial score (nSPS) is 16.3. The molecule has 1 atom stereocenters. The Kier molecular flexibility index (Phi) is 5.59. The van der Waals surface area contributed by atoms with E-state index in [0.717, 1.165) is 36.4 Å². The molecule has 1 saturated heterocycles. The molecule has 1 aliphatic rings. The van der Waals surface area contributed by atoms with E-state index in [9.17, 15) is 9.18 Å². The fourth-order valence-electron chi connectivity index (χ4n) is 3.48. The van der Waals surface area contributed by atoms with Gasteiger partial charge in [-0.3, -0.25) is 9.89 Å². The number of benzene rings is 1. The predicted octanol–water partition coefficient (Wildman–Crippen LogP) is 3.70. The van der Waals surface area contributed by atoms with Crippen LogP contribution in [0.15, 0.2) is 40.9 Å². The number of halogens is 1. The summed E-state index contributed by atoms with van der Waals surface area (Å²) in [4.78, 5) is 14.5. The van der Waals surface area contributed by atoms with Crippen molar-refractivity contribution >= 4 is 5.91 Å². The van der Waals surface area contributed by atoms with Gasteiger partial charge in [0.1, 0.15) is 23.9 Å². The molecule has 0 spiro atoms. The second-order valence-corrected chi connectivity index (χ2v) is 7.23. The maximum absolute atomic E-state index is 12.9. The summed E-state index contributed by atoms with van der Waals surface area (Å²) in [7, 11) is 0. The first-order valence-electron chi connectivity index (χ1n) is 9.79. The van der Waals surface area contributed by atoms with Gasteiger partial charge in [0.25, 0.3) is 5.91 Å². The van der Waals surface area contributed by atoms with Crippen molar-refractivity contribution in [1.29, 1.82) is 0 Å². The van der Waals surface area contributed by atoms with Crippen LogP contribution < -0.4 is 4.74 Å². The van der Waals surface area contributed by atoms with E-state index in [0.29, 0.717) is 31.1 Å². The maximum Gasteiger partial charge on any atom is 0.276 e. The van der Waals surface area contributed by atoms with Crippen molar-refractivity contribution in [3.8, 4) is 5.75 Å². The van der Waals surface area contributed by atoms with Gasteiger partial charge >= 0.3 is 0 Å². The number of aromatic nitrogens is 3. The summed E-state index contributed by atoms with van der Waals surface area (Å²) in [5.41, 5.74) is 2.10. The standard InChI is InChI=1S/C21H23FN4O3/c1-2-3-18-11-20(25-29-18)21(27)26-9-8-14(12-26)19-10-16(23-24-19)13-28-17-6-4-15(22)5-7-17/h4-7,10-11,14H,2-3,8-9,12-13H2,1H3,(H,23,24). The zero-order chi connectivity index (χ0) is 20.2. The monoisotopic (exact) mass is 398 g/mol. The third-order valence-electron chi connectivity index (χ3n) is 5.03. The van der Waals surface area contributed by atoms with Gasteiger partial charge in [-0.05, 0) is 43.2 Å². The molecule has 4 rings (SSSR count). The molecule has 152 valence electrons. The van der Waals surface area contributed by atoms with Crippen molar-refractivity contribution in [2.24, 2.45) is 0 Å². The lowest BCUT2D eigenvalue weighted by Crippen LogP contribution is -2.28. The Bertz CT molecular complexity index is 966. The molecule has 0 saturated carbocycles. The molecule has 1 aliphatic heterocycles. The van der Waals surface area contributed by atoms with E-state index in [1.54, 1.807) is 23.1 Å². The van der Waals surface area contributed by atoms with Gasteiger partial charge < -0.3 is 14.2 Å². The molecule has 2 aromatic heterocycles. The van der Waals surface area contributed by atoms with Crippen LogP contribution in [-0.4, -0.2) is 39.3 Å². The van der Waals surface area contributed by atoms with Crippen molar-refractivity contribution in [2.75, 3.05) is 13.1 Å². The third kappa shape index (κ3) is 4.47. The summed E-state index contributed by atoms with van der Waals surface area (Å²) in [6.07, 6.45) is 2.56. The lowest BCUT2D eigenvalue weighted by atomic mass is 10.1.